The number of benzene rings is 1. The lowest BCUT2D eigenvalue weighted by Gasteiger charge is -2.20. The number of guanidine groups is 1. The number of rotatable bonds is 5. The molecule has 0 spiro atoms. The SMILES string of the molecule is CCNC(=NCCCc1ccc(O)cc1)N1CC[C@@H](O)C1. The minimum Gasteiger partial charge on any atom is -0.508 e. The Kier molecular flexibility index (Phi) is 5.87. The third-order valence-electron chi connectivity index (χ3n) is 3.62. The molecule has 0 amide bonds. The Labute approximate surface area is 126 Å². The molecule has 5 heteroatoms. The van der Waals surface area contributed by atoms with Gasteiger partial charge in [-0.2, -0.15) is 0 Å². The van der Waals surface area contributed by atoms with E-state index >= 15 is 0 Å². The van der Waals surface area contributed by atoms with Gasteiger partial charge in [-0.3, -0.25) is 4.99 Å². The maximum Gasteiger partial charge on any atom is 0.194 e. The van der Waals surface area contributed by atoms with Gasteiger partial charge >= 0.3 is 0 Å². The number of hydrogen-bond donors (Lipinski definition) is 3. The van der Waals surface area contributed by atoms with Crippen molar-refractivity contribution in [2.24, 2.45) is 4.99 Å². The van der Waals surface area contributed by atoms with Crippen LogP contribution in [-0.2, 0) is 6.42 Å². The van der Waals surface area contributed by atoms with Gasteiger partial charge in [-0.15, -0.1) is 0 Å². The van der Waals surface area contributed by atoms with E-state index in [0.717, 1.165) is 44.9 Å². The molecule has 1 saturated heterocycles. The molecule has 1 aliphatic heterocycles. The van der Waals surface area contributed by atoms with Crippen molar-refractivity contribution in [3.63, 3.8) is 0 Å². The first-order valence-electron chi connectivity index (χ1n) is 7.68. The zero-order valence-electron chi connectivity index (χ0n) is 12.6. The Hall–Kier alpha value is -1.75. The number of aryl methyl sites for hydroxylation is 1. The molecule has 116 valence electrons. The number of hydrogen-bond acceptors (Lipinski definition) is 3. The molecule has 1 aromatic rings. The predicted molar refractivity (Wildman–Crippen MR) is 84.6 cm³/mol. The highest BCUT2D eigenvalue weighted by Gasteiger charge is 2.22. The predicted octanol–water partition coefficient (Wildman–Crippen LogP) is 1.36. The van der Waals surface area contributed by atoms with E-state index in [1.807, 2.05) is 12.1 Å². The quantitative estimate of drug-likeness (QED) is 0.435. The summed E-state index contributed by atoms with van der Waals surface area (Å²) in [5.41, 5.74) is 1.21. The van der Waals surface area contributed by atoms with Gasteiger partial charge in [0.2, 0.25) is 0 Å². The molecule has 1 fully saturated rings. The molecular formula is C16H25N3O2. The van der Waals surface area contributed by atoms with Crippen molar-refractivity contribution < 1.29 is 10.2 Å². The van der Waals surface area contributed by atoms with Gasteiger partial charge in [0.1, 0.15) is 5.75 Å². The van der Waals surface area contributed by atoms with Crippen molar-refractivity contribution in [1.29, 1.82) is 0 Å². The van der Waals surface area contributed by atoms with Crippen LogP contribution >= 0.6 is 0 Å². The van der Waals surface area contributed by atoms with Crippen LogP contribution in [-0.4, -0.2) is 53.4 Å². The van der Waals surface area contributed by atoms with E-state index in [0.29, 0.717) is 12.3 Å². The van der Waals surface area contributed by atoms with Gasteiger partial charge in [0.15, 0.2) is 5.96 Å². The fraction of sp³-hybridized carbons (Fsp3) is 0.562. The van der Waals surface area contributed by atoms with Crippen LogP contribution in [0.5, 0.6) is 5.75 Å². The number of aliphatic imine (C=N–C) groups is 1. The smallest absolute Gasteiger partial charge is 0.194 e. The second-order valence-corrected chi connectivity index (χ2v) is 5.39. The van der Waals surface area contributed by atoms with Crippen molar-refractivity contribution in [3.8, 4) is 5.75 Å². The Balaban J connectivity index is 1.81. The van der Waals surface area contributed by atoms with Gasteiger partial charge in [0.25, 0.3) is 0 Å². The van der Waals surface area contributed by atoms with Crippen LogP contribution in [0.1, 0.15) is 25.3 Å². The van der Waals surface area contributed by atoms with E-state index in [1.165, 1.54) is 5.56 Å². The summed E-state index contributed by atoms with van der Waals surface area (Å²) in [5.74, 6) is 1.21. The van der Waals surface area contributed by atoms with Crippen LogP contribution in [0.2, 0.25) is 0 Å². The fourth-order valence-corrected chi connectivity index (χ4v) is 2.49. The number of aliphatic hydroxyl groups is 1. The summed E-state index contributed by atoms with van der Waals surface area (Å²) in [7, 11) is 0. The van der Waals surface area contributed by atoms with Crippen LogP contribution in [0, 0.1) is 0 Å². The van der Waals surface area contributed by atoms with E-state index < -0.39 is 0 Å². The number of phenols is 1. The van der Waals surface area contributed by atoms with Crippen molar-refractivity contribution in [1.82, 2.24) is 10.2 Å². The first-order chi connectivity index (χ1) is 10.2. The van der Waals surface area contributed by atoms with E-state index in [4.69, 9.17) is 0 Å². The summed E-state index contributed by atoms with van der Waals surface area (Å²) in [4.78, 5) is 6.75. The zero-order valence-corrected chi connectivity index (χ0v) is 12.6. The lowest BCUT2D eigenvalue weighted by atomic mass is 10.1. The van der Waals surface area contributed by atoms with Gasteiger partial charge in [-0.25, -0.2) is 0 Å². The molecule has 0 radical (unpaired) electrons. The zero-order chi connectivity index (χ0) is 15.1. The Morgan fingerprint density at radius 2 is 2.14 bits per heavy atom. The number of nitrogens with one attached hydrogen (secondary N) is 1. The molecule has 0 unspecified atom stereocenters. The topological polar surface area (TPSA) is 68.1 Å². The number of aromatic hydroxyl groups is 1. The molecule has 5 nitrogen and oxygen atoms in total. The van der Waals surface area contributed by atoms with E-state index in [1.54, 1.807) is 12.1 Å². The first kappa shape index (κ1) is 15.6. The van der Waals surface area contributed by atoms with E-state index in [-0.39, 0.29) is 6.10 Å². The lowest BCUT2D eigenvalue weighted by molar-refractivity contribution is 0.188. The maximum atomic E-state index is 9.61. The normalized spacial score (nSPS) is 19.0. The number of nitrogens with zero attached hydrogens (tertiary/aromatic N) is 2. The van der Waals surface area contributed by atoms with Crippen molar-refractivity contribution in [2.45, 2.75) is 32.3 Å². The summed E-state index contributed by atoms with van der Waals surface area (Å²) in [5, 5.41) is 22.1. The second-order valence-electron chi connectivity index (χ2n) is 5.39. The second kappa shape index (κ2) is 7.88. The van der Waals surface area contributed by atoms with E-state index in [9.17, 15) is 10.2 Å². The molecule has 1 aliphatic rings. The van der Waals surface area contributed by atoms with Crippen molar-refractivity contribution in [2.75, 3.05) is 26.2 Å². The fourth-order valence-electron chi connectivity index (χ4n) is 2.49. The number of phenolic OH excluding ortho intramolecular Hbond substituents is 1. The Morgan fingerprint density at radius 1 is 1.38 bits per heavy atom. The molecule has 0 bridgehead atoms. The third-order valence-corrected chi connectivity index (χ3v) is 3.62. The molecule has 1 heterocycles. The van der Waals surface area contributed by atoms with E-state index in [2.05, 4.69) is 22.1 Å². The van der Waals surface area contributed by atoms with Crippen molar-refractivity contribution >= 4 is 5.96 Å². The summed E-state index contributed by atoms with van der Waals surface area (Å²) in [6.07, 6.45) is 2.51. The molecule has 0 saturated carbocycles. The highest BCUT2D eigenvalue weighted by atomic mass is 16.3. The first-order valence-corrected chi connectivity index (χ1v) is 7.68. The third kappa shape index (κ3) is 4.93. The highest BCUT2D eigenvalue weighted by molar-refractivity contribution is 5.80. The van der Waals surface area contributed by atoms with Crippen LogP contribution < -0.4 is 5.32 Å². The van der Waals surface area contributed by atoms with Gasteiger partial charge in [0.05, 0.1) is 6.10 Å². The molecule has 0 aromatic heterocycles. The molecule has 1 atom stereocenters. The molecule has 1 aromatic carbocycles. The molecule has 2 rings (SSSR count). The van der Waals surface area contributed by atoms with Gasteiger partial charge in [-0.05, 0) is 43.9 Å². The van der Waals surface area contributed by atoms with Crippen LogP contribution in [0.15, 0.2) is 29.3 Å². The van der Waals surface area contributed by atoms with Crippen LogP contribution in [0.3, 0.4) is 0 Å². The molecule has 21 heavy (non-hydrogen) atoms. The standard InChI is InChI=1S/C16H25N3O2/c1-2-17-16(19-11-9-15(21)12-19)18-10-3-4-13-5-7-14(20)8-6-13/h5-8,15,20-21H,2-4,9-12H2,1H3,(H,17,18)/t15-/m1/s1. The minimum absolute atomic E-state index is 0.231. The largest absolute Gasteiger partial charge is 0.508 e. The van der Waals surface area contributed by atoms with Gasteiger partial charge in [-0.1, -0.05) is 12.1 Å². The number of likely N-dealkylation sites (tertiary alicyclic amines) is 1. The van der Waals surface area contributed by atoms with Crippen molar-refractivity contribution in [3.05, 3.63) is 29.8 Å². The number of β-amino-alcohol motifs (C(OH)–C–C–N with tert-alkyl or cyclic N) is 1. The summed E-state index contributed by atoms with van der Waals surface area (Å²) < 4.78 is 0. The summed E-state index contributed by atoms with van der Waals surface area (Å²) >= 11 is 0. The lowest BCUT2D eigenvalue weighted by Crippen LogP contribution is -2.40. The molecule has 0 aliphatic carbocycles. The van der Waals surface area contributed by atoms with Crippen LogP contribution in [0.4, 0.5) is 0 Å². The Bertz CT molecular complexity index is 459. The highest BCUT2D eigenvalue weighted by Crippen LogP contribution is 2.12. The minimum atomic E-state index is -0.231. The average molecular weight is 291 g/mol. The summed E-state index contributed by atoms with van der Waals surface area (Å²) in [6.45, 7) is 5.19. The summed E-state index contributed by atoms with van der Waals surface area (Å²) in [6, 6.07) is 7.32. The van der Waals surface area contributed by atoms with Crippen LogP contribution in [0.25, 0.3) is 0 Å². The van der Waals surface area contributed by atoms with Gasteiger partial charge in [0, 0.05) is 26.2 Å². The average Bonchev–Trinajstić information content (AvgIpc) is 2.91. The van der Waals surface area contributed by atoms with Gasteiger partial charge < -0.3 is 20.4 Å². The Morgan fingerprint density at radius 3 is 2.76 bits per heavy atom. The maximum absolute atomic E-state index is 9.61. The monoisotopic (exact) mass is 291 g/mol. The number of aliphatic hydroxyl groups excluding tert-OH is 1. The molecule has 3 N–H and O–H groups in total. The molecular weight excluding hydrogens is 266 g/mol.